The molecule has 0 radical (unpaired) electrons. The second-order valence-corrected chi connectivity index (χ2v) is 5.90. The van der Waals surface area contributed by atoms with Crippen LogP contribution in [0.4, 0.5) is 5.69 Å². The largest absolute Gasteiger partial charge is 0.506 e. The van der Waals surface area contributed by atoms with Crippen LogP contribution in [0.5, 0.6) is 11.5 Å². The van der Waals surface area contributed by atoms with Crippen LogP contribution in [-0.4, -0.2) is 11.0 Å². The van der Waals surface area contributed by atoms with Crippen molar-refractivity contribution >= 4 is 27.5 Å². The lowest BCUT2D eigenvalue weighted by atomic mass is 10.3. The summed E-state index contributed by atoms with van der Waals surface area (Å²) < 4.78 is 12.0. The van der Waals surface area contributed by atoms with Gasteiger partial charge >= 0.3 is 0 Å². The molecule has 0 saturated carbocycles. The van der Waals surface area contributed by atoms with Crippen LogP contribution in [0, 0.1) is 0 Å². The minimum Gasteiger partial charge on any atom is -0.506 e. The average Bonchev–Trinajstić information content (AvgIpc) is 3.06. The van der Waals surface area contributed by atoms with Gasteiger partial charge in [-0.15, -0.1) is 0 Å². The SMILES string of the molecule is O=C(Nc1ccccc1O)c1ccc(COc2ccc(Br)cc2)o1. The molecule has 0 unspecified atom stereocenters. The van der Waals surface area contributed by atoms with E-state index in [0.717, 1.165) is 4.47 Å². The molecule has 5 nitrogen and oxygen atoms in total. The number of phenols is 1. The van der Waals surface area contributed by atoms with Crippen molar-refractivity contribution in [3.8, 4) is 11.5 Å². The molecule has 0 aliphatic carbocycles. The molecule has 0 saturated heterocycles. The smallest absolute Gasteiger partial charge is 0.291 e. The number of amides is 1. The Hall–Kier alpha value is -2.73. The van der Waals surface area contributed by atoms with Crippen LogP contribution >= 0.6 is 15.9 Å². The monoisotopic (exact) mass is 387 g/mol. The molecule has 0 aliphatic heterocycles. The number of para-hydroxylation sites is 2. The minimum absolute atomic E-state index is 0.00352. The van der Waals surface area contributed by atoms with Crippen molar-refractivity contribution in [3.05, 3.63) is 76.7 Å². The van der Waals surface area contributed by atoms with E-state index >= 15 is 0 Å². The summed E-state index contributed by atoms with van der Waals surface area (Å²) in [5, 5.41) is 12.3. The molecule has 0 aliphatic rings. The molecule has 122 valence electrons. The van der Waals surface area contributed by atoms with E-state index in [2.05, 4.69) is 21.2 Å². The predicted octanol–water partition coefficient (Wildman–Crippen LogP) is 4.58. The molecule has 3 rings (SSSR count). The van der Waals surface area contributed by atoms with E-state index in [4.69, 9.17) is 9.15 Å². The van der Waals surface area contributed by atoms with Gasteiger partial charge < -0.3 is 19.6 Å². The van der Waals surface area contributed by atoms with E-state index in [1.54, 1.807) is 30.3 Å². The van der Waals surface area contributed by atoms with Crippen LogP contribution in [0.15, 0.2) is 69.6 Å². The highest BCUT2D eigenvalue weighted by Crippen LogP contribution is 2.23. The second-order valence-electron chi connectivity index (χ2n) is 4.98. The van der Waals surface area contributed by atoms with Gasteiger partial charge in [0.1, 0.15) is 23.9 Å². The van der Waals surface area contributed by atoms with Gasteiger partial charge in [0.2, 0.25) is 0 Å². The van der Waals surface area contributed by atoms with Crippen molar-refractivity contribution in [2.45, 2.75) is 6.61 Å². The Kier molecular flexibility index (Phi) is 4.86. The summed E-state index contributed by atoms with van der Waals surface area (Å²) in [7, 11) is 0. The molecule has 1 amide bonds. The molecule has 3 aromatic rings. The fourth-order valence-corrected chi connectivity index (χ4v) is 2.29. The summed E-state index contributed by atoms with van der Waals surface area (Å²) in [5.74, 6) is 0.936. The molecule has 24 heavy (non-hydrogen) atoms. The molecule has 0 spiro atoms. The first-order valence-corrected chi connectivity index (χ1v) is 7.97. The zero-order valence-electron chi connectivity index (χ0n) is 12.5. The van der Waals surface area contributed by atoms with E-state index < -0.39 is 5.91 Å². The van der Waals surface area contributed by atoms with Gasteiger partial charge in [-0.05, 0) is 48.5 Å². The molecule has 6 heteroatoms. The predicted molar refractivity (Wildman–Crippen MR) is 93.2 cm³/mol. The molecule has 1 heterocycles. The van der Waals surface area contributed by atoms with E-state index in [1.165, 1.54) is 6.07 Å². The van der Waals surface area contributed by atoms with Crippen molar-refractivity contribution in [3.63, 3.8) is 0 Å². The molecule has 2 N–H and O–H groups in total. The fraction of sp³-hybridized carbons (Fsp3) is 0.0556. The van der Waals surface area contributed by atoms with Gasteiger partial charge in [-0.25, -0.2) is 0 Å². The Bertz CT molecular complexity index is 842. The maximum atomic E-state index is 12.1. The van der Waals surface area contributed by atoms with Crippen molar-refractivity contribution in [2.75, 3.05) is 5.32 Å². The third-order valence-corrected chi connectivity index (χ3v) is 3.76. The third kappa shape index (κ3) is 3.97. The number of nitrogens with one attached hydrogen (secondary N) is 1. The van der Waals surface area contributed by atoms with Gasteiger partial charge in [-0.2, -0.15) is 0 Å². The standard InChI is InChI=1S/C18H14BrNO4/c19-12-5-7-13(8-6-12)23-11-14-9-10-17(24-14)18(22)20-15-3-1-2-4-16(15)21/h1-10,21H,11H2,(H,20,22). The molecule has 0 atom stereocenters. The van der Waals surface area contributed by atoms with Crippen LogP contribution in [0.1, 0.15) is 16.3 Å². The number of carbonyl (C=O) groups is 1. The number of hydrogen-bond donors (Lipinski definition) is 2. The number of hydrogen-bond acceptors (Lipinski definition) is 4. The van der Waals surface area contributed by atoms with Crippen LogP contribution in [0.25, 0.3) is 0 Å². The molecule has 0 fully saturated rings. The normalized spacial score (nSPS) is 10.4. The van der Waals surface area contributed by atoms with Gasteiger partial charge in [0.25, 0.3) is 5.91 Å². The maximum Gasteiger partial charge on any atom is 0.291 e. The van der Waals surface area contributed by atoms with Crippen LogP contribution in [-0.2, 0) is 6.61 Å². The first-order valence-electron chi connectivity index (χ1n) is 7.18. The lowest BCUT2D eigenvalue weighted by molar-refractivity contribution is 0.0992. The van der Waals surface area contributed by atoms with Gasteiger partial charge in [0.15, 0.2) is 5.76 Å². The second kappa shape index (κ2) is 7.23. The molecular formula is C18H14BrNO4. The fourth-order valence-electron chi connectivity index (χ4n) is 2.03. The number of carbonyl (C=O) groups excluding carboxylic acids is 1. The highest BCUT2D eigenvalue weighted by Gasteiger charge is 2.13. The summed E-state index contributed by atoms with van der Waals surface area (Å²) in [6.07, 6.45) is 0. The number of benzene rings is 2. The van der Waals surface area contributed by atoms with Gasteiger partial charge in [0, 0.05) is 4.47 Å². The molecule has 1 aromatic heterocycles. The highest BCUT2D eigenvalue weighted by atomic mass is 79.9. The van der Waals surface area contributed by atoms with E-state index in [0.29, 0.717) is 17.2 Å². The van der Waals surface area contributed by atoms with Crippen molar-refractivity contribution in [1.82, 2.24) is 0 Å². The number of furan rings is 1. The number of phenolic OH excluding ortho intramolecular Hbond substituents is 1. The zero-order chi connectivity index (χ0) is 16.9. The quantitative estimate of drug-likeness (QED) is 0.628. The van der Waals surface area contributed by atoms with E-state index in [1.807, 2.05) is 24.3 Å². The summed E-state index contributed by atoms with van der Waals surface area (Å²) in [5.41, 5.74) is 0.326. The number of ether oxygens (including phenoxy) is 1. The number of halogens is 1. The third-order valence-electron chi connectivity index (χ3n) is 3.23. The van der Waals surface area contributed by atoms with Crippen LogP contribution in [0.3, 0.4) is 0 Å². The Morgan fingerprint density at radius 1 is 1.08 bits per heavy atom. The van der Waals surface area contributed by atoms with Gasteiger partial charge in [-0.1, -0.05) is 28.1 Å². The highest BCUT2D eigenvalue weighted by molar-refractivity contribution is 9.10. The Balaban J connectivity index is 1.61. The van der Waals surface area contributed by atoms with Gasteiger partial charge in [-0.3, -0.25) is 4.79 Å². The number of rotatable bonds is 5. The first-order chi connectivity index (χ1) is 11.6. The molecule has 2 aromatic carbocycles. The van der Waals surface area contributed by atoms with E-state index in [-0.39, 0.29) is 18.1 Å². The Morgan fingerprint density at radius 2 is 1.83 bits per heavy atom. The average molecular weight is 388 g/mol. The van der Waals surface area contributed by atoms with Crippen LogP contribution in [0.2, 0.25) is 0 Å². The van der Waals surface area contributed by atoms with Crippen LogP contribution < -0.4 is 10.1 Å². The van der Waals surface area contributed by atoms with Crippen molar-refractivity contribution in [1.29, 1.82) is 0 Å². The zero-order valence-corrected chi connectivity index (χ0v) is 14.1. The van der Waals surface area contributed by atoms with E-state index in [9.17, 15) is 9.90 Å². The first kappa shape index (κ1) is 16.1. The number of anilines is 1. The van der Waals surface area contributed by atoms with Crippen molar-refractivity contribution < 1.29 is 19.1 Å². The molecule has 0 bridgehead atoms. The summed E-state index contributed by atoms with van der Waals surface area (Å²) in [6.45, 7) is 0.214. The lowest BCUT2D eigenvalue weighted by Crippen LogP contribution is -2.10. The Morgan fingerprint density at radius 3 is 2.58 bits per heavy atom. The Labute approximate surface area is 147 Å². The summed E-state index contributed by atoms with van der Waals surface area (Å²) in [4.78, 5) is 12.1. The minimum atomic E-state index is -0.439. The lowest BCUT2D eigenvalue weighted by Gasteiger charge is -2.05. The molecular weight excluding hydrogens is 374 g/mol. The summed E-state index contributed by atoms with van der Waals surface area (Å²) in [6, 6.07) is 17.2. The van der Waals surface area contributed by atoms with Gasteiger partial charge in [0.05, 0.1) is 5.69 Å². The topological polar surface area (TPSA) is 71.7 Å². The summed E-state index contributed by atoms with van der Waals surface area (Å²) >= 11 is 3.36. The maximum absolute atomic E-state index is 12.1. The number of aromatic hydroxyl groups is 1. The van der Waals surface area contributed by atoms with Crippen molar-refractivity contribution in [2.24, 2.45) is 0 Å².